The normalized spacial score (nSPS) is 41.2. The van der Waals surface area contributed by atoms with Crippen molar-refractivity contribution in [3.05, 3.63) is 11.6 Å². The summed E-state index contributed by atoms with van der Waals surface area (Å²) in [6.45, 7) is 10.5. The second kappa shape index (κ2) is 7.83. The van der Waals surface area contributed by atoms with Gasteiger partial charge in [0, 0.05) is 24.9 Å². The van der Waals surface area contributed by atoms with Crippen LogP contribution in [0.5, 0.6) is 0 Å². The zero-order valence-corrected chi connectivity index (χ0v) is 18.8. The Morgan fingerprint density at radius 1 is 1.10 bits per heavy atom. The Morgan fingerprint density at radius 3 is 2.52 bits per heavy atom. The number of fused-ring (bicyclic) bond motifs is 5. The number of hydrogen-bond donors (Lipinski definition) is 0. The van der Waals surface area contributed by atoms with Crippen molar-refractivity contribution in [2.75, 3.05) is 19.7 Å². The van der Waals surface area contributed by atoms with Crippen molar-refractivity contribution >= 4 is 11.7 Å². The van der Waals surface area contributed by atoms with Crippen LogP contribution in [0.3, 0.4) is 0 Å². The van der Waals surface area contributed by atoms with E-state index in [4.69, 9.17) is 4.74 Å². The minimum absolute atomic E-state index is 0.0476. The highest BCUT2D eigenvalue weighted by atomic mass is 16.5. The van der Waals surface area contributed by atoms with E-state index in [2.05, 4.69) is 19.9 Å². The lowest BCUT2D eigenvalue weighted by molar-refractivity contribution is -0.139. The first kappa shape index (κ1) is 21.1. The van der Waals surface area contributed by atoms with Crippen molar-refractivity contribution in [3.8, 4) is 0 Å². The van der Waals surface area contributed by atoms with Crippen molar-refractivity contribution in [2.45, 2.75) is 85.2 Å². The van der Waals surface area contributed by atoms with E-state index in [9.17, 15) is 9.59 Å². The Balaban J connectivity index is 1.43. The van der Waals surface area contributed by atoms with Crippen molar-refractivity contribution in [3.63, 3.8) is 0 Å². The molecule has 0 N–H and O–H groups in total. The lowest BCUT2D eigenvalue weighted by Crippen LogP contribution is -2.50. The van der Waals surface area contributed by atoms with Crippen molar-refractivity contribution < 1.29 is 14.3 Å². The van der Waals surface area contributed by atoms with Crippen LogP contribution in [0.1, 0.15) is 79.1 Å². The Labute approximate surface area is 176 Å². The summed E-state index contributed by atoms with van der Waals surface area (Å²) in [5.41, 5.74) is 1.78. The topological polar surface area (TPSA) is 46.6 Å². The van der Waals surface area contributed by atoms with E-state index in [0.717, 1.165) is 58.0 Å². The number of likely N-dealkylation sites (N-methyl/N-ethyl adjacent to an activating group) is 1. The van der Waals surface area contributed by atoms with Gasteiger partial charge in [0.1, 0.15) is 12.4 Å². The summed E-state index contributed by atoms with van der Waals surface area (Å²) >= 11 is 0. The number of carbonyl (C=O) groups is 2. The predicted octanol–water partition coefficient (Wildman–Crippen LogP) is 4.77. The summed E-state index contributed by atoms with van der Waals surface area (Å²) in [5.74, 6) is 2.61. The van der Waals surface area contributed by atoms with E-state index in [0.29, 0.717) is 23.5 Å². The van der Waals surface area contributed by atoms with Gasteiger partial charge in [-0.05, 0) is 82.0 Å². The maximum absolute atomic E-state index is 12.6. The predicted molar refractivity (Wildman–Crippen MR) is 114 cm³/mol. The SMILES string of the molecule is CCN(CC)C(=O)COC1CCC2(C)C(=CCC3C4CCC(=O)C4(C)CCC32)C1. The average Bonchev–Trinajstić information content (AvgIpc) is 3.02. The Bertz CT molecular complexity index is 696. The molecular formula is C25H39NO3. The summed E-state index contributed by atoms with van der Waals surface area (Å²) in [7, 11) is 0. The first-order valence-corrected chi connectivity index (χ1v) is 12.0. The van der Waals surface area contributed by atoms with E-state index in [-0.39, 0.29) is 29.4 Å². The lowest BCUT2D eigenvalue weighted by Gasteiger charge is -2.57. The van der Waals surface area contributed by atoms with E-state index >= 15 is 0 Å². The molecule has 4 nitrogen and oxygen atoms in total. The molecule has 0 saturated heterocycles. The number of hydrogen-bond acceptors (Lipinski definition) is 3. The molecule has 29 heavy (non-hydrogen) atoms. The number of nitrogens with zero attached hydrogens (tertiary/aromatic N) is 1. The molecule has 0 spiro atoms. The van der Waals surface area contributed by atoms with Gasteiger partial charge in [-0.15, -0.1) is 0 Å². The van der Waals surface area contributed by atoms with E-state index < -0.39 is 0 Å². The zero-order chi connectivity index (χ0) is 20.8. The molecule has 6 atom stereocenters. The number of rotatable bonds is 5. The monoisotopic (exact) mass is 401 g/mol. The Kier molecular flexibility index (Phi) is 5.69. The number of allylic oxidation sites excluding steroid dienone is 1. The molecular weight excluding hydrogens is 362 g/mol. The van der Waals surface area contributed by atoms with Crippen LogP contribution >= 0.6 is 0 Å². The number of ether oxygens (including phenoxy) is 1. The molecule has 3 saturated carbocycles. The van der Waals surface area contributed by atoms with Gasteiger partial charge >= 0.3 is 0 Å². The third-order valence-corrected chi connectivity index (χ3v) is 9.33. The van der Waals surface area contributed by atoms with E-state index in [1.54, 1.807) is 5.57 Å². The molecule has 4 aliphatic carbocycles. The molecule has 0 aromatic carbocycles. The molecule has 4 aliphatic rings. The highest BCUT2D eigenvalue weighted by Crippen LogP contribution is 2.64. The minimum atomic E-state index is -0.0476. The number of Topliss-reactive ketones (excluding diaryl/α,β-unsaturated/α-hetero) is 1. The van der Waals surface area contributed by atoms with Crippen LogP contribution in [0.25, 0.3) is 0 Å². The highest BCUT2D eigenvalue weighted by Gasteiger charge is 2.58. The molecule has 0 heterocycles. The number of carbonyl (C=O) groups excluding carboxylic acids is 2. The summed E-state index contributed by atoms with van der Waals surface area (Å²) < 4.78 is 6.08. The summed E-state index contributed by atoms with van der Waals surface area (Å²) in [6.07, 6.45) is 11.2. The maximum Gasteiger partial charge on any atom is 0.248 e. The van der Waals surface area contributed by atoms with Crippen molar-refractivity contribution in [1.29, 1.82) is 0 Å². The molecule has 6 unspecified atom stereocenters. The third kappa shape index (κ3) is 3.40. The van der Waals surface area contributed by atoms with Crippen molar-refractivity contribution in [2.24, 2.45) is 28.6 Å². The highest BCUT2D eigenvalue weighted by molar-refractivity contribution is 5.87. The molecule has 0 aliphatic heterocycles. The van der Waals surface area contributed by atoms with Gasteiger partial charge in [0.25, 0.3) is 0 Å². The van der Waals surface area contributed by atoms with Crippen molar-refractivity contribution in [1.82, 2.24) is 4.90 Å². The van der Waals surface area contributed by atoms with Gasteiger partial charge in [-0.25, -0.2) is 0 Å². The van der Waals surface area contributed by atoms with Gasteiger partial charge in [-0.2, -0.15) is 0 Å². The number of ketones is 1. The molecule has 4 heteroatoms. The van der Waals surface area contributed by atoms with Gasteiger partial charge in [0.2, 0.25) is 5.91 Å². The van der Waals surface area contributed by atoms with Crippen LogP contribution in [0, 0.1) is 28.6 Å². The van der Waals surface area contributed by atoms with Crippen LogP contribution in [0.4, 0.5) is 0 Å². The van der Waals surface area contributed by atoms with Gasteiger partial charge in [0.05, 0.1) is 6.10 Å². The van der Waals surface area contributed by atoms with Gasteiger partial charge in [-0.1, -0.05) is 25.5 Å². The summed E-state index contributed by atoms with van der Waals surface area (Å²) in [6, 6.07) is 0. The van der Waals surface area contributed by atoms with E-state index in [1.165, 1.54) is 6.42 Å². The van der Waals surface area contributed by atoms with Crippen LogP contribution in [0.15, 0.2) is 11.6 Å². The smallest absolute Gasteiger partial charge is 0.248 e. The Hall–Kier alpha value is -1.16. The van der Waals surface area contributed by atoms with Gasteiger partial charge < -0.3 is 9.64 Å². The maximum atomic E-state index is 12.6. The molecule has 3 fully saturated rings. The lowest BCUT2D eigenvalue weighted by atomic mass is 9.48. The molecule has 0 radical (unpaired) electrons. The van der Waals surface area contributed by atoms with Crippen LogP contribution in [-0.4, -0.2) is 42.4 Å². The minimum Gasteiger partial charge on any atom is -0.368 e. The first-order chi connectivity index (χ1) is 13.8. The van der Waals surface area contributed by atoms with E-state index in [1.807, 2.05) is 18.7 Å². The molecule has 0 aromatic heterocycles. The summed E-state index contributed by atoms with van der Waals surface area (Å²) in [4.78, 5) is 26.7. The molecule has 0 bridgehead atoms. The fourth-order valence-electron chi connectivity index (χ4n) is 7.40. The summed E-state index contributed by atoms with van der Waals surface area (Å²) in [5, 5.41) is 0. The fourth-order valence-corrected chi connectivity index (χ4v) is 7.40. The molecule has 0 aromatic rings. The number of amides is 1. The zero-order valence-electron chi connectivity index (χ0n) is 18.8. The molecule has 1 amide bonds. The molecule has 162 valence electrons. The van der Waals surface area contributed by atoms with Crippen LogP contribution in [0.2, 0.25) is 0 Å². The standard InChI is InChI=1S/C25H39NO3/c1-5-26(6-2)23(28)16-29-18-11-13-24(3)17(15-18)7-8-19-20-9-10-22(27)25(20,4)14-12-21(19)24/h7,18-21H,5-6,8-16H2,1-4H3. The second-order valence-corrected chi connectivity index (χ2v) is 10.4. The van der Waals surface area contributed by atoms with Gasteiger partial charge in [-0.3, -0.25) is 9.59 Å². The second-order valence-electron chi connectivity index (χ2n) is 10.4. The van der Waals surface area contributed by atoms with Crippen LogP contribution < -0.4 is 0 Å². The quantitative estimate of drug-likeness (QED) is 0.623. The largest absolute Gasteiger partial charge is 0.368 e. The van der Waals surface area contributed by atoms with Gasteiger partial charge in [0.15, 0.2) is 0 Å². The molecule has 4 rings (SSSR count). The average molecular weight is 402 g/mol. The van der Waals surface area contributed by atoms with Crippen LogP contribution in [-0.2, 0) is 14.3 Å². The Morgan fingerprint density at radius 2 is 1.79 bits per heavy atom. The fraction of sp³-hybridized carbons (Fsp3) is 0.840. The first-order valence-electron chi connectivity index (χ1n) is 12.0. The third-order valence-electron chi connectivity index (χ3n) is 9.33.